The topological polar surface area (TPSA) is 57.0 Å². The van der Waals surface area contributed by atoms with E-state index in [1.807, 2.05) is 22.8 Å². The second kappa shape index (κ2) is 5.10. The lowest BCUT2D eigenvalue weighted by Gasteiger charge is -2.22. The zero-order chi connectivity index (χ0) is 15.1. The van der Waals surface area contributed by atoms with Crippen LogP contribution in [0.2, 0.25) is 5.02 Å². The molecule has 2 aromatic heterocycles. The first kappa shape index (κ1) is 13.3. The summed E-state index contributed by atoms with van der Waals surface area (Å²) in [4.78, 5) is 21.1. The van der Waals surface area contributed by atoms with Crippen molar-refractivity contribution in [3.05, 3.63) is 57.5 Å². The largest absolute Gasteiger partial charge is 0.478 e. The Morgan fingerprint density at radius 3 is 2.95 bits per heavy atom. The number of pyridine rings is 1. The fourth-order valence-corrected chi connectivity index (χ4v) is 2.95. The van der Waals surface area contributed by atoms with E-state index >= 15 is 0 Å². The summed E-state index contributed by atoms with van der Waals surface area (Å²) in [5, 5.41) is 0.609. The molecule has 0 bridgehead atoms. The Kier molecular flexibility index (Phi) is 3.08. The molecule has 3 heterocycles. The number of aromatic nitrogens is 3. The summed E-state index contributed by atoms with van der Waals surface area (Å²) in [5.74, 6) is 0.548. The fraction of sp³-hybridized carbons (Fsp3) is 0.188. The highest BCUT2D eigenvalue weighted by Crippen LogP contribution is 2.29. The van der Waals surface area contributed by atoms with Crippen molar-refractivity contribution in [2.45, 2.75) is 12.8 Å². The smallest absolute Gasteiger partial charge is 0.216 e. The van der Waals surface area contributed by atoms with Gasteiger partial charge in [0.25, 0.3) is 0 Å². The number of fused-ring (bicyclic) bond motifs is 2. The van der Waals surface area contributed by atoms with Crippen molar-refractivity contribution in [1.82, 2.24) is 14.5 Å². The molecule has 1 aliphatic rings. The Balaban J connectivity index is 2.16. The van der Waals surface area contributed by atoms with Gasteiger partial charge in [0.1, 0.15) is 0 Å². The van der Waals surface area contributed by atoms with E-state index < -0.39 is 0 Å². The van der Waals surface area contributed by atoms with Crippen LogP contribution in [0.4, 0.5) is 0 Å². The standard InChI is InChI=1S/C16H12ClN3O2/c17-10-3-1-4-11(9-10)20-15-13(18-6-7-19-15)14(21)12-5-2-8-22-16(12)20/h1,3-4,6-7,9H,2,5,8H2. The minimum absolute atomic E-state index is 0.101. The number of hydrogen-bond acceptors (Lipinski definition) is 4. The number of halogens is 1. The molecular formula is C16H12ClN3O2. The predicted molar refractivity (Wildman–Crippen MR) is 84.0 cm³/mol. The van der Waals surface area contributed by atoms with Gasteiger partial charge in [0.15, 0.2) is 11.2 Å². The van der Waals surface area contributed by atoms with E-state index in [1.165, 1.54) is 6.20 Å². The van der Waals surface area contributed by atoms with Crippen LogP contribution in [-0.2, 0) is 6.42 Å². The first-order valence-electron chi connectivity index (χ1n) is 7.03. The molecule has 5 nitrogen and oxygen atoms in total. The molecule has 0 saturated carbocycles. The molecule has 0 fully saturated rings. The number of nitrogens with zero attached hydrogens (tertiary/aromatic N) is 3. The lowest BCUT2D eigenvalue weighted by Crippen LogP contribution is -2.24. The van der Waals surface area contributed by atoms with Gasteiger partial charge in [-0.05, 0) is 31.0 Å². The van der Waals surface area contributed by atoms with Crippen LogP contribution in [-0.4, -0.2) is 21.1 Å². The van der Waals surface area contributed by atoms with Crippen LogP contribution < -0.4 is 10.2 Å². The molecule has 0 radical (unpaired) electrons. The van der Waals surface area contributed by atoms with Crippen LogP contribution >= 0.6 is 11.6 Å². The van der Waals surface area contributed by atoms with Crippen molar-refractivity contribution < 1.29 is 4.74 Å². The van der Waals surface area contributed by atoms with E-state index in [4.69, 9.17) is 16.3 Å². The second-order valence-electron chi connectivity index (χ2n) is 5.11. The third-order valence-corrected chi connectivity index (χ3v) is 3.95. The van der Waals surface area contributed by atoms with Crippen LogP contribution in [0.1, 0.15) is 12.0 Å². The van der Waals surface area contributed by atoms with Crippen molar-refractivity contribution in [1.29, 1.82) is 0 Å². The van der Waals surface area contributed by atoms with Gasteiger partial charge in [0.05, 0.1) is 17.9 Å². The summed E-state index contributed by atoms with van der Waals surface area (Å²) in [6.45, 7) is 0.582. The van der Waals surface area contributed by atoms with Crippen molar-refractivity contribution in [3.63, 3.8) is 0 Å². The van der Waals surface area contributed by atoms with E-state index in [1.54, 1.807) is 12.3 Å². The predicted octanol–water partition coefficient (Wildman–Crippen LogP) is 2.76. The van der Waals surface area contributed by atoms with Crippen molar-refractivity contribution in [2.24, 2.45) is 0 Å². The molecule has 0 unspecified atom stereocenters. The molecule has 0 N–H and O–H groups in total. The number of ether oxygens (including phenoxy) is 1. The van der Waals surface area contributed by atoms with Gasteiger partial charge < -0.3 is 4.74 Å². The minimum Gasteiger partial charge on any atom is -0.478 e. The van der Waals surface area contributed by atoms with Gasteiger partial charge in [0, 0.05) is 17.4 Å². The van der Waals surface area contributed by atoms with E-state index in [0.29, 0.717) is 40.7 Å². The summed E-state index contributed by atoms with van der Waals surface area (Å²) in [6, 6.07) is 7.38. The third-order valence-electron chi connectivity index (χ3n) is 3.72. The van der Waals surface area contributed by atoms with Crippen LogP contribution in [0, 0.1) is 0 Å². The Morgan fingerprint density at radius 2 is 2.09 bits per heavy atom. The quantitative estimate of drug-likeness (QED) is 0.693. The molecule has 110 valence electrons. The first-order valence-corrected chi connectivity index (χ1v) is 7.41. The van der Waals surface area contributed by atoms with Crippen LogP contribution in [0.5, 0.6) is 5.88 Å². The van der Waals surface area contributed by atoms with Crippen molar-refractivity contribution in [2.75, 3.05) is 6.61 Å². The number of hydrogen-bond donors (Lipinski definition) is 0. The van der Waals surface area contributed by atoms with Gasteiger partial charge in [-0.3, -0.25) is 9.36 Å². The summed E-state index contributed by atoms with van der Waals surface area (Å²) in [7, 11) is 0. The Labute approximate surface area is 131 Å². The molecule has 4 rings (SSSR count). The number of rotatable bonds is 1. The molecule has 0 aliphatic carbocycles. The molecule has 1 aromatic carbocycles. The van der Waals surface area contributed by atoms with Gasteiger partial charge in [0.2, 0.25) is 11.3 Å². The molecule has 0 spiro atoms. The van der Waals surface area contributed by atoms with Crippen LogP contribution in [0.15, 0.2) is 41.5 Å². The van der Waals surface area contributed by atoms with Crippen LogP contribution in [0.25, 0.3) is 16.9 Å². The normalized spacial score (nSPS) is 13.7. The SMILES string of the molecule is O=c1c2c(n(-c3cccc(Cl)c3)c3nccnc13)OCCC2. The highest BCUT2D eigenvalue weighted by molar-refractivity contribution is 6.30. The molecule has 0 amide bonds. The highest BCUT2D eigenvalue weighted by Gasteiger charge is 2.23. The highest BCUT2D eigenvalue weighted by atomic mass is 35.5. The monoisotopic (exact) mass is 313 g/mol. The third kappa shape index (κ3) is 1.97. The van der Waals surface area contributed by atoms with Gasteiger partial charge in [-0.2, -0.15) is 0 Å². The lowest BCUT2D eigenvalue weighted by molar-refractivity contribution is 0.270. The first-order chi connectivity index (χ1) is 10.8. The van der Waals surface area contributed by atoms with Gasteiger partial charge in [-0.15, -0.1) is 0 Å². The average molecular weight is 314 g/mol. The lowest BCUT2D eigenvalue weighted by atomic mass is 10.1. The second-order valence-corrected chi connectivity index (χ2v) is 5.55. The molecule has 6 heteroatoms. The van der Waals surface area contributed by atoms with E-state index in [2.05, 4.69) is 9.97 Å². The number of benzene rings is 1. The maximum absolute atomic E-state index is 12.6. The minimum atomic E-state index is -0.101. The van der Waals surface area contributed by atoms with Crippen LogP contribution in [0.3, 0.4) is 0 Å². The van der Waals surface area contributed by atoms with Gasteiger partial charge in [-0.25, -0.2) is 9.97 Å². The van der Waals surface area contributed by atoms with E-state index in [-0.39, 0.29) is 5.43 Å². The molecule has 22 heavy (non-hydrogen) atoms. The molecule has 1 aliphatic heterocycles. The summed E-state index contributed by atoms with van der Waals surface area (Å²) in [5.41, 5.74) is 2.19. The molecule has 3 aromatic rings. The molecular weight excluding hydrogens is 302 g/mol. The Morgan fingerprint density at radius 1 is 1.23 bits per heavy atom. The maximum Gasteiger partial charge on any atom is 0.216 e. The zero-order valence-corrected chi connectivity index (χ0v) is 12.4. The van der Waals surface area contributed by atoms with Crippen molar-refractivity contribution in [3.8, 4) is 11.6 Å². The summed E-state index contributed by atoms with van der Waals surface area (Å²) in [6.07, 6.45) is 4.60. The average Bonchev–Trinajstić information content (AvgIpc) is 2.55. The van der Waals surface area contributed by atoms with E-state index in [9.17, 15) is 4.79 Å². The maximum atomic E-state index is 12.6. The summed E-state index contributed by atoms with van der Waals surface area (Å²) >= 11 is 6.11. The van der Waals surface area contributed by atoms with Gasteiger partial charge >= 0.3 is 0 Å². The zero-order valence-electron chi connectivity index (χ0n) is 11.6. The Bertz CT molecular complexity index is 936. The summed E-state index contributed by atoms with van der Waals surface area (Å²) < 4.78 is 7.61. The fourth-order valence-electron chi connectivity index (χ4n) is 2.77. The Hall–Kier alpha value is -2.40. The molecule has 0 saturated heterocycles. The van der Waals surface area contributed by atoms with Gasteiger partial charge in [-0.1, -0.05) is 17.7 Å². The van der Waals surface area contributed by atoms with E-state index in [0.717, 1.165) is 12.1 Å². The van der Waals surface area contributed by atoms with Crippen molar-refractivity contribution >= 4 is 22.8 Å². The molecule has 0 atom stereocenters.